The second-order valence-electron chi connectivity index (χ2n) is 3.25. The van der Waals surface area contributed by atoms with Crippen LogP contribution in [0.25, 0.3) is 0 Å². The molecule has 0 aromatic heterocycles. The molecule has 15 heavy (non-hydrogen) atoms. The van der Waals surface area contributed by atoms with Crippen molar-refractivity contribution in [3.05, 3.63) is 12.8 Å². The molecule has 0 fully saturated rings. The molecule has 0 aliphatic heterocycles. The molecule has 3 nitrogen and oxygen atoms in total. The first kappa shape index (κ1) is 13.6. The van der Waals surface area contributed by atoms with E-state index in [4.69, 9.17) is 6.42 Å². The van der Waals surface area contributed by atoms with E-state index in [9.17, 15) is 4.79 Å². The molecular formula is C12H18N2O. The molecule has 0 N–H and O–H groups in total. The maximum atomic E-state index is 10.7. The lowest BCUT2D eigenvalue weighted by Gasteiger charge is -1.97. The third-order valence-corrected chi connectivity index (χ3v) is 1.99. The third-order valence-electron chi connectivity index (χ3n) is 1.99. The summed E-state index contributed by atoms with van der Waals surface area (Å²) in [4.78, 5) is 10.7. The van der Waals surface area contributed by atoms with Crippen molar-refractivity contribution in [2.75, 3.05) is 6.54 Å². The molecule has 0 unspecified atom stereocenters. The number of terminal acetylenes is 1. The van der Waals surface area contributed by atoms with Crippen LogP contribution in [0.3, 0.4) is 0 Å². The van der Waals surface area contributed by atoms with Crippen molar-refractivity contribution in [3.63, 3.8) is 0 Å². The summed E-state index contributed by atoms with van der Waals surface area (Å²) >= 11 is 0. The van der Waals surface area contributed by atoms with Gasteiger partial charge in [-0.05, 0) is 18.8 Å². The molecule has 0 rings (SSSR count). The average molecular weight is 206 g/mol. The summed E-state index contributed by atoms with van der Waals surface area (Å²) in [7, 11) is 0. The Hall–Kier alpha value is -1.43. The second kappa shape index (κ2) is 10.6. The van der Waals surface area contributed by atoms with Crippen LogP contribution in [0.1, 0.15) is 38.5 Å². The van der Waals surface area contributed by atoms with Gasteiger partial charge in [0.2, 0.25) is 5.78 Å². The Morgan fingerprint density at radius 3 is 2.60 bits per heavy atom. The lowest BCUT2D eigenvalue weighted by molar-refractivity contribution is -0.113. The minimum Gasteiger partial charge on any atom is -0.285 e. The standard InChI is InChI=1S/C12H18N2O/c1-3-12(15)10-8-6-5-7-9-11-14-13-4-2/h1,4H,2,5-11H2. The van der Waals surface area contributed by atoms with Crippen LogP contribution in [-0.2, 0) is 4.79 Å². The van der Waals surface area contributed by atoms with Gasteiger partial charge < -0.3 is 0 Å². The number of unbranched alkanes of at least 4 members (excludes halogenated alkanes) is 4. The fourth-order valence-electron chi connectivity index (χ4n) is 1.19. The summed E-state index contributed by atoms with van der Waals surface area (Å²) in [5.41, 5.74) is 0. The quantitative estimate of drug-likeness (QED) is 0.247. The van der Waals surface area contributed by atoms with Crippen molar-refractivity contribution in [1.29, 1.82) is 0 Å². The number of ketones is 1. The number of carbonyl (C=O) groups excluding carboxylic acids is 1. The van der Waals surface area contributed by atoms with Gasteiger partial charge in [0.15, 0.2) is 0 Å². The minimum atomic E-state index is -0.0882. The van der Waals surface area contributed by atoms with Gasteiger partial charge in [-0.3, -0.25) is 4.79 Å². The van der Waals surface area contributed by atoms with E-state index in [1.54, 1.807) is 0 Å². The van der Waals surface area contributed by atoms with Crippen LogP contribution in [0.4, 0.5) is 0 Å². The normalized spacial score (nSPS) is 10.1. The summed E-state index contributed by atoms with van der Waals surface area (Å²) in [6.45, 7) is 4.19. The molecule has 0 aromatic carbocycles. The van der Waals surface area contributed by atoms with Crippen LogP contribution >= 0.6 is 0 Å². The highest BCUT2D eigenvalue weighted by Gasteiger charge is 1.96. The van der Waals surface area contributed by atoms with E-state index in [0.717, 1.165) is 38.6 Å². The van der Waals surface area contributed by atoms with E-state index in [0.29, 0.717) is 6.42 Å². The zero-order chi connectivity index (χ0) is 11.4. The fraction of sp³-hybridized carbons (Fsp3) is 0.583. The van der Waals surface area contributed by atoms with Gasteiger partial charge in [0.05, 0.1) is 6.54 Å². The molecular weight excluding hydrogens is 188 g/mol. The first-order valence-electron chi connectivity index (χ1n) is 5.28. The Kier molecular flexibility index (Phi) is 9.63. The summed E-state index contributed by atoms with van der Waals surface area (Å²) in [6, 6.07) is 0. The van der Waals surface area contributed by atoms with E-state index >= 15 is 0 Å². The van der Waals surface area contributed by atoms with Gasteiger partial charge >= 0.3 is 0 Å². The monoisotopic (exact) mass is 206 g/mol. The van der Waals surface area contributed by atoms with E-state index in [1.165, 1.54) is 6.20 Å². The first-order valence-corrected chi connectivity index (χ1v) is 5.28. The Morgan fingerprint density at radius 2 is 1.93 bits per heavy atom. The van der Waals surface area contributed by atoms with Crippen molar-refractivity contribution in [1.82, 2.24) is 0 Å². The number of hydrogen-bond donors (Lipinski definition) is 0. The second-order valence-corrected chi connectivity index (χ2v) is 3.25. The zero-order valence-electron chi connectivity index (χ0n) is 9.11. The Labute approximate surface area is 91.7 Å². The predicted octanol–water partition coefficient (Wildman–Crippen LogP) is 3.13. The highest BCUT2D eigenvalue weighted by molar-refractivity contribution is 5.94. The van der Waals surface area contributed by atoms with Gasteiger partial charge in [0.25, 0.3) is 0 Å². The Morgan fingerprint density at radius 1 is 1.27 bits per heavy atom. The Bertz CT molecular complexity index is 251. The molecule has 0 spiro atoms. The van der Waals surface area contributed by atoms with E-state index < -0.39 is 0 Å². The molecule has 0 saturated heterocycles. The topological polar surface area (TPSA) is 41.8 Å². The first-order chi connectivity index (χ1) is 7.31. The highest BCUT2D eigenvalue weighted by Crippen LogP contribution is 2.05. The molecule has 0 heterocycles. The van der Waals surface area contributed by atoms with Crippen LogP contribution in [0, 0.1) is 12.3 Å². The third kappa shape index (κ3) is 10.5. The summed E-state index contributed by atoms with van der Waals surface area (Å²) in [5.74, 6) is 2.03. The summed E-state index contributed by atoms with van der Waals surface area (Å²) < 4.78 is 0. The Balaban J connectivity index is 3.12. The number of azo groups is 1. The largest absolute Gasteiger partial charge is 0.285 e. The minimum absolute atomic E-state index is 0.0882. The van der Waals surface area contributed by atoms with Crippen LogP contribution in [0.5, 0.6) is 0 Å². The number of rotatable bonds is 9. The van der Waals surface area contributed by atoms with Crippen LogP contribution in [0.15, 0.2) is 23.0 Å². The molecule has 0 aromatic rings. The van der Waals surface area contributed by atoms with E-state index in [1.807, 2.05) is 0 Å². The van der Waals surface area contributed by atoms with Crippen molar-refractivity contribution in [2.24, 2.45) is 10.2 Å². The fourth-order valence-corrected chi connectivity index (χ4v) is 1.19. The SMILES string of the molecule is C#CC(=O)CCCCCCCN=NC=C. The maximum absolute atomic E-state index is 10.7. The lowest BCUT2D eigenvalue weighted by Crippen LogP contribution is -1.92. The van der Waals surface area contributed by atoms with Gasteiger partial charge in [0, 0.05) is 12.6 Å². The predicted molar refractivity (Wildman–Crippen MR) is 61.5 cm³/mol. The maximum Gasteiger partial charge on any atom is 0.205 e. The molecule has 0 atom stereocenters. The number of carbonyl (C=O) groups is 1. The van der Waals surface area contributed by atoms with E-state index in [-0.39, 0.29) is 5.78 Å². The molecule has 0 bridgehead atoms. The van der Waals surface area contributed by atoms with Crippen molar-refractivity contribution >= 4 is 5.78 Å². The van der Waals surface area contributed by atoms with Crippen molar-refractivity contribution in [3.8, 4) is 12.3 Å². The molecule has 3 heteroatoms. The van der Waals surface area contributed by atoms with Crippen LogP contribution < -0.4 is 0 Å². The van der Waals surface area contributed by atoms with Gasteiger partial charge in [-0.15, -0.1) is 6.42 Å². The van der Waals surface area contributed by atoms with Crippen LogP contribution in [0.2, 0.25) is 0 Å². The number of Topliss-reactive ketones (excluding diaryl/α,β-unsaturated/α-hetero) is 1. The number of nitrogens with zero attached hydrogens (tertiary/aromatic N) is 2. The van der Waals surface area contributed by atoms with Gasteiger partial charge in [-0.25, -0.2) is 0 Å². The molecule has 0 aliphatic carbocycles. The smallest absolute Gasteiger partial charge is 0.205 e. The number of hydrogen-bond acceptors (Lipinski definition) is 3. The average Bonchev–Trinajstić information content (AvgIpc) is 2.26. The van der Waals surface area contributed by atoms with Crippen LogP contribution in [-0.4, -0.2) is 12.3 Å². The lowest BCUT2D eigenvalue weighted by atomic mass is 10.1. The highest BCUT2D eigenvalue weighted by atomic mass is 16.1. The molecule has 0 amide bonds. The van der Waals surface area contributed by atoms with Crippen molar-refractivity contribution in [2.45, 2.75) is 38.5 Å². The van der Waals surface area contributed by atoms with Gasteiger partial charge in [0.1, 0.15) is 0 Å². The molecule has 0 saturated carbocycles. The molecule has 82 valence electrons. The van der Waals surface area contributed by atoms with Crippen molar-refractivity contribution < 1.29 is 4.79 Å². The summed E-state index contributed by atoms with van der Waals surface area (Å²) in [5, 5.41) is 7.54. The van der Waals surface area contributed by atoms with E-state index in [2.05, 4.69) is 22.7 Å². The molecule has 0 aliphatic rings. The summed E-state index contributed by atoms with van der Waals surface area (Å²) in [6.07, 6.45) is 12.2. The van der Waals surface area contributed by atoms with Gasteiger partial charge in [-0.2, -0.15) is 10.2 Å². The zero-order valence-corrected chi connectivity index (χ0v) is 9.11. The molecule has 0 radical (unpaired) electrons. The van der Waals surface area contributed by atoms with Gasteiger partial charge in [-0.1, -0.05) is 25.8 Å².